The molecule has 1 saturated heterocycles. The van der Waals surface area contributed by atoms with Crippen molar-refractivity contribution in [2.75, 3.05) is 6.61 Å². The summed E-state index contributed by atoms with van der Waals surface area (Å²) in [6, 6.07) is 11.3. The molecule has 1 aliphatic rings. The molecule has 0 spiro atoms. The van der Waals surface area contributed by atoms with Gasteiger partial charge in [-0.25, -0.2) is 0 Å². The number of aryl methyl sites for hydroxylation is 1. The van der Waals surface area contributed by atoms with E-state index in [-0.39, 0.29) is 30.2 Å². The third kappa shape index (κ3) is 8.32. The van der Waals surface area contributed by atoms with E-state index in [4.69, 9.17) is 9.26 Å². The van der Waals surface area contributed by atoms with E-state index >= 15 is 0 Å². The lowest BCUT2D eigenvalue weighted by Crippen LogP contribution is -2.57. The second-order valence-electron chi connectivity index (χ2n) is 11.2. The fourth-order valence-corrected chi connectivity index (χ4v) is 4.60. The molecule has 4 rings (SSSR count). The molecule has 42 heavy (non-hydrogen) atoms. The maximum atomic E-state index is 13.7. The molecule has 3 aromatic rings. The quantitative estimate of drug-likeness (QED) is 0.247. The molecular weight excluding hydrogens is 538 g/mol. The fourth-order valence-electron chi connectivity index (χ4n) is 4.60. The van der Waals surface area contributed by atoms with E-state index in [1.54, 1.807) is 38.4 Å². The highest BCUT2D eigenvalue weighted by Gasteiger charge is 2.50. The van der Waals surface area contributed by atoms with Crippen LogP contribution in [0.15, 0.2) is 65.4 Å². The summed E-state index contributed by atoms with van der Waals surface area (Å²) in [5.74, 6) is -1.28. The summed E-state index contributed by atoms with van der Waals surface area (Å²) in [5.41, 5.74) is 0.690. The number of nitrogens with one attached hydrogen (secondary N) is 3. The maximum absolute atomic E-state index is 13.7. The number of carbonyl (C=O) groups is 4. The molecule has 0 aliphatic carbocycles. The number of pyridine rings is 1. The van der Waals surface area contributed by atoms with E-state index in [0.717, 1.165) is 11.1 Å². The Balaban J connectivity index is 1.56. The number of carbonyl (C=O) groups excluding carboxylic acids is 4. The summed E-state index contributed by atoms with van der Waals surface area (Å²) in [7, 11) is 0. The summed E-state index contributed by atoms with van der Waals surface area (Å²) < 4.78 is 10.4. The van der Waals surface area contributed by atoms with Gasteiger partial charge in [-0.05, 0) is 49.4 Å². The summed E-state index contributed by atoms with van der Waals surface area (Å²) >= 11 is 0. The third-order valence-corrected chi connectivity index (χ3v) is 7.03. The monoisotopic (exact) mass is 575 g/mol. The van der Waals surface area contributed by atoms with Crippen molar-refractivity contribution in [3.63, 3.8) is 0 Å². The van der Waals surface area contributed by atoms with Crippen LogP contribution in [0.2, 0.25) is 0 Å². The van der Waals surface area contributed by atoms with Crippen molar-refractivity contribution >= 4 is 23.5 Å². The molecule has 4 unspecified atom stereocenters. The van der Waals surface area contributed by atoms with Gasteiger partial charge in [-0.1, -0.05) is 49.3 Å². The molecule has 1 fully saturated rings. The molecule has 11 nitrogen and oxygen atoms in total. The average Bonchev–Trinajstić information content (AvgIpc) is 3.57. The van der Waals surface area contributed by atoms with Crippen molar-refractivity contribution < 1.29 is 28.4 Å². The maximum Gasteiger partial charge on any atom is 0.274 e. The third-order valence-electron chi connectivity index (χ3n) is 7.03. The zero-order chi connectivity index (χ0) is 30.3. The highest BCUT2D eigenvalue weighted by Crippen LogP contribution is 2.29. The van der Waals surface area contributed by atoms with Gasteiger partial charge in [0.25, 0.3) is 5.91 Å². The number of epoxide rings is 1. The molecule has 1 aromatic carbocycles. The van der Waals surface area contributed by atoms with Crippen LogP contribution in [0.4, 0.5) is 0 Å². The Morgan fingerprint density at radius 1 is 0.881 bits per heavy atom. The lowest BCUT2D eigenvalue weighted by atomic mass is 9.93. The van der Waals surface area contributed by atoms with Crippen LogP contribution in [0.25, 0.3) is 0 Å². The zero-order valence-electron chi connectivity index (χ0n) is 24.3. The molecule has 0 bridgehead atoms. The molecule has 3 heterocycles. The van der Waals surface area contributed by atoms with E-state index in [0.29, 0.717) is 18.8 Å². The molecule has 0 radical (unpaired) electrons. The SMILES string of the molecule is Cc1cc(C(=O)NC(Cc2ccncc2)C(=O)NC(Cc2ccccc2)C(=O)NC(CC(C)C)C(=O)C2(C)CO2)no1. The number of rotatable bonds is 14. The Bertz CT molecular complexity index is 1390. The van der Waals surface area contributed by atoms with Crippen LogP contribution in [0.1, 0.15) is 54.6 Å². The highest BCUT2D eigenvalue weighted by atomic mass is 16.6. The number of aromatic nitrogens is 2. The van der Waals surface area contributed by atoms with E-state index in [9.17, 15) is 19.2 Å². The summed E-state index contributed by atoms with van der Waals surface area (Å²) in [5, 5.41) is 12.2. The lowest BCUT2D eigenvalue weighted by molar-refractivity contribution is -0.133. The first kappa shape index (κ1) is 30.6. The van der Waals surface area contributed by atoms with Crippen LogP contribution < -0.4 is 16.0 Å². The minimum atomic E-state index is -1.05. The summed E-state index contributed by atoms with van der Waals surface area (Å²) in [6.07, 6.45) is 3.92. The van der Waals surface area contributed by atoms with Crippen LogP contribution in [-0.4, -0.2) is 64.0 Å². The van der Waals surface area contributed by atoms with Crippen molar-refractivity contribution in [1.82, 2.24) is 26.1 Å². The Morgan fingerprint density at radius 3 is 2.00 bits per heavy atom. The van der Waals surface area contributed by atoms with Gasteiger partial charge in [0.15, 0.2) is 11.5 Å². The van der Waals surface area contributed by atoms with Crippen LogP contribution in [-0.2, 0) is 32.0 Å². The van der Waals surface area contributed by atoms with Gasteiger partial charge in [0.05, 0.1) is 12.6 Å². The zero-order valence-corrected chi connectivity index (χ0v) is 24.3. The molecule has 3 amide bonds. The Kier molecular flexibility index (Phi) is 9.84. The predicted molar refractivity (Wildman–Crippen MR) is 153 cm³/mol. The first-order chi connectivity index (χ1) is 20.0. The van der Waals surface area contributed by atoms with Crippen molar-refractivity contribution in [2.45, 2.75) is 70.7 Å². The number of nitrogens with zero attached hydrogens (tertiary/aromatic N) is 2. The topological polar surface area (TPSA) is 156 Å². The second-order valence-corrected chi connectivity index (χ2v) is 11.2. The largest absolute Gasteiger partial charge is 0.361 e. The Hall–Kier alpha value is -4.38. The molecule has 2 aromatic heterocycles. The highest BCUT2D eigenvalue weighted by molar-refractivity contribution is 5.99. The first-order valence-electron chi connectivity index (χ1n) is 14.0. The van der Waals surface area contributed by atoms with Crippen molar-refractivity contribution in [1.29, 1.82) is 0 Å². The van der Waals surface area contributed by atoms with E-state index in [1.165, 1.54) is 6.07 Å². The smallest absolute Gasteiger partial charge is 0.274 e. The van der Waals surface area contributed by atoms with Gasteiger partial charge in [-0.2, -0.15) is 0 Å². The molecule has 4 atom stereocenters. The Morgan fingerprint density at radius 2 is 1.45 bits per heavy atom. The molecular formula is C31H37N5O6. The minimum Gasteiger partial charge on any atom is -0.361 e. The summed E-state index contributed by atoms with van der Waals surface area (Å²) in [6.45, 7) is 7.61. The molecule has 222 valence electrons. The van der Waals surface area contributed by atoms with E-state index < -0.39 is 41.4 Å². The van der Waals surface area contributed by atoms with E-state index in [1.807, 2.05) is 44.2 Å². The molecule has 3 N–H and O–H groups in total. The Labute approximate surface area is 244 Å². The van der Waals surface area contributed by atoms with E-state index in [2.05, 4.69) is 26.1 Å². The second kappa shape index (κ2) is 13.5. The van der Waals surface area contributed by atoms with Gasteiger partial charge in [-0.15, -0.1) is 0 Å². The van der Waals surface area contributed by atoms with Crippen LogP contribution in [0, 0.1) is 12.8 Å². The van der Waals surface area contributed by atoms with Gasteiger partial charge < -0.3 is 25.2 Å². The number of ketones is 1. The number of Topliss-reactive ketones (excluding diaryl/α,β-unsaturated/α-hetero) is 1. The van der Waals surface area contributed by atoms with Crippen LogP contribution >= 0.6 is 0 Å². The number of hydrogen-bond acceptors (Lipinski definition) is 8. The number of benzene rings is 1. The first-order valence-corrected chi connectivity index (χ1v) is 14.0. The van der Waals surface area contributed by atoms with Crippen molar-refractivity contribution in [3.05, 3.63) is 83.5 Å². The fraction of sp³-hybridized carbons (Fsp3) is 0.419. The van der Waals surface area contributed by atoms with Crippen LogP contribution in [0.3, 0.4) is 0 Å². The average molecular weight is 576 g/mol. The molecule has 11 heteroatoms. The van der Waals surface area contributed by atoms with Gasteiger partial charge in [-0.3, -0.25) is 24.2 Å². The lowest BCUT2D eigenvalue weighted by Gasteiger charge is -2.26. The minimum absolute atomic E-state index is 0.0319. The normalized spacial score (nSPS) is 18.0. The van der Waals surface area contributed by atoms with Gasteiger partial charge >= 0.3 is 0 Å². The van der Waals surface area contributed by atoms with Gasteiger partial charge in [0.1, 0.15) is 23.4 Å². The van der Waals surface area contributed by atoms with Crippen LogP contribution in [0.5, 0.6) is 0 Å². The predicted octanol–water partition coefficient (Wildman–Crippen LogP) is 2.34. The number of amides is 3. The van der Waals surface area contributed by atoms with Crippen molar-refractivity contribution in [2.24, 2.45) is 5.92 Å². The summed E-state index contributed by atoms with van der Waals surface area (Å²) in [4.78, 5) is 57.6. The molecule has 1 aliphatic heterocycles. The van der Waals surface area contributed by atoms with Crippen molar-refractivity contribution in [3.8, 4) is 0 Å². The number of hydrogen-bond donors (Lipinski definition) is 3. The van der Waals surface area contributed by atoms with Gasteiger partial charge in [0.2, 0.25) is 11.8 Å². The number of ether oxygens (including phenoxy) is 1. The van der Waals surface area contributed by atoms with Gasteiger partial charge in [0, 0.05) is 31.3 Å². The standard InChI is InChI=1S/C31H37N5O6/c1-19(2)14-23(27(37)31(4)18-41-31)33-28(38)24(16-21-8-6-5-7-9-21)34-29(39)25(17-22-10-12-32-13-11-22)35-30(40)26-15-20(3)42-36-26/h5-13,15,19,23-25H,14,16-18H2,1-4H3,(H,33,38)(H,34,39)(H,35,40). The molecule has 0 saturated carbocycles.